The van der Waals surface area contributed by atoms with E-state index in [9.17, 15) is 31.2 Å². The number of rotatable bonds is 11. The third-order valence-electron chi connectivity index (χ3n) is 6.71. The van der Waals surface area contributed by atoms with Gasteiger partial charge in [-0.2, -0.15) is 13.2 Å². The lowest BCUT2D eigenvalue weighted by molar-refractivity contribution is -0.139. The van der Waals surface area contributed by atoms with Crippen LogP contribution in [-0.4, -0.2) is 43.8 Å². The van der Waals surface area contributed by atoms with Crippen LogP contribution in [0.3, 0.4) is 0 Å². The molecule has 43 heavy (non-hydrogen) atoms. The number of hydrogen-bond donors (Lipinski definition) is 1. The van der Waals surface area contributed by atoms with E-state index >= 15 is 0 Å². The van der Waals surface area contributed by atoms with Crippen molar-refractivity contribution in [3.05, 3.63) is 92.9 Å². The van der Waals surface area contributed by atoms with Crippen molar-refractivity contribution < 1.29 is 31.2 Å². The number of halogens is 6. The van der Waals surface area contributed by atoms with Crippen LogP contribution < -0.4 is 9.62 Å². The molecule has 0 aliphatic heterocycles. The SMILES string of the molecule is CC[C@@H](C)NC(=O)[C@@H](C)N(Cc1c(Cl)cccc1Cl)C(=O)CN(c1cc(C(F)(F)F)ccc1Cl)S(=O)(=O)c1ccccc1. The molecule has 3 aromatic carbocycles. The second-order valence-electron chi connectivity index (χ2n) is 9.70. The van der Waals surface area contributed by atoms with E-state index < -0.39 is 51.9 Å². The first-order valence-electron chi connectivity index (χ1n) is 13.0. The van der Waals surface area contributed by atoms with Gasteiger partial charge >= 0.3 is 6.18 Å². The molecule has 0 spiro atoms. The van der Waals surface area contributed by atoms with Gasteiger partial charge < -0.3 is 10.2 Å². The summed E-state index contributed by atoms with van der Waals surface area (Å²) in [4.78, 5) is 27.9. The second kappa shape index (κ2) is 14.2. The molecule has 0 bridgehead atoms. The van der Waals surface area contributed by atoms with Crippen molar-refractivity contribution >= 4 is 62.3 Å². The van der Waals surface area contributed by atoms with Crippen molar-refractivity contribution in [3.63, 3.8) is 0 Å². The zero-order valence-corrected chi connectivity index (χ0v) is 26.4. The highest BCUT2D eigenvalue weighted by Gasteiger charge is 2.36. The summed E-state index contributed by atoms with van der Waals surface area (Å²) >= 11 is 19.0. The minimum absolute atomic E-state index is 0.189. The van der Waals surface area contributed by atoms with E-state index in [1.165, 1.54) is 43.3 Å². The number of benzene rings is 3. The Bertz CT molecular complexity index is 1550. The molecule has 0 saturated carbocycles. The van der Waals surface area contributed by atoms with Gasteiger partial charge in [0.1, 0.15) is 12.6 Å². The van der Waals surface area contributed by atoms with Crippen LogP contribution in [0.25, 0.3) is 0 Å². The molecule has 0 fully saturated rings. The lowest BCUT2D eigenvalue weighted by atomic mass is 10.1. The van der Waals surface area contributed by atoms with Crippen molar-refractivity contribution in [2.24, 2.45) is 0 Å². The quantitative estimate of drug-likeness (QED) is 0.233. The predicted molar refractivity (Wildman–Crippen MR) is 162 cm³/mol. The molecule has 0 aliphatic rings. The minimum Gasteiger partial charge on any atom is -0.352 e. The highest BCUT2D eigenvalue weighted by molar-refractivity contribution is 7.92. The molecular formula is C29H29Cl3F3N3O4S. The molecule has 0 aromatic heterocycles. The third-order valence-corrected chi connectivity index (χ3v) is 9.51. The normalized spacial score (nSPS) is 13.2. The predicted octanol–water partition coefficient (Wildman–Crippen LogP) is 7.19. The van der Waals surface area contributed by atoms with Gasteiger partial charge in [0, 0.05) is 28.2 Å². The first-order chi connectivity index (χ1) is 20.1. The van der Waals surface area contributed by atoms with Crippen LogP contribution in [0.1, 0.15) is 38.3 Å². The summed E-state index contributed by atoms with van der Waals surface area (Å²) in [6.07, 6.45) is -4.24. The summed E-state index contributed by atoms with van der Waals surface area (Å²) < 4.78 is 69.2. The Morgan fingerprint density at radius 1 is 0.907 bits per heavy atom. The molecule has 2 amide bonds. The van der Waals surface area contributed by atoms with Gasteiger partial charge in [-0.3, -0.25) is 13.9 Å². The monoisotopic (exact) mass is 677 g/mol. The van der Waals surface area contributed by atoms with Crippen LogP contribution in [-0.2, 0) is 32.3 Å². The molecule has 0 aliphatic carbocycles. The first kappa shape index (κ1) is 34.5. The molecular weight excluding hydrogens is 650 g/mol. The van der Waals surface area contributed by atoms with Gasteiger partial charge in [0.2, 0.25) is 11.8 Å². The Morgan fingerprint density at radius 3 is 2.07 bits per heavy atom. The van der Waals surface area contributed by atoms with Crippen LogP contribution in [0.4, 0.5) is 18.9 Å². The molecule has 0 heterocycles. The molecule has 3 rings (SSSR count). The standard InChI is InChI=1S/C29H29Cl3F3N3O4S/c1-4-18(2)36-28(40)19(3)37(16-22-23(30)11-8-12-24(22)31)27(39)17-38(43(41,42)21-9-6-5-7-10-21)26-15-20(29(33,34)35)13-14-25(26)32/h5-15,18-19H,4,16-17H2,1-3H3,(H,36,40)/t18-,19-/m1/s1. The molecule has 232 valence electrons. The van der Waals surface area contributed by atoms with Crippen LogP contribution >= 0.6 is 34.8 Å². The van der Waals surface area contributed by atoms with Gasteiger partial charge in [-0.15, -0.1) is 0 Å². The summed E-state index contributed by atoms with van der Waals surface area (Å²) in [5.41, 5.74) is -1.45. The van der Waals surface area contributed by atoms with Gasteiger partial charge in [0.05, 0.1) is 21.2 Å². The number of carbonyl (C=O) groups is 2. The van der Waals surface area contributed by atoms with Crippen molar-refractivity contribution in [2.45, 2.75) is 56.9 Å². The number of sulfonamides is 1. The van der Waals surface area contributed by atoms with E-state index in [1.807, 2.05) is 6.92 Å². The van der Waals surface area contributed by atoms with Gasteiger partial charge in [0.15, 0.2) is 0 Å². The second-order valence-corrected chi connectivity index (χ2v) is 12.8. The van der Waals surface area contributed by atoms with Crippen LogP contribution in [0.2, 0.25) is 15.1 Å². The Balaban J connectivity index is 2.16. The maximum Gasteiger partial charge on any atom is 0.416 e. The lowest BCUT2D eigenvalue weighted by Gasteiger charge is -2.33. The number of nitrogens with zero attached hydrogens (tertiary/aromatic N) is 2. The summed E-state index contributed by atoms with van der Waals surface area (Å²) in [6, 6.07) is 12.3. The molecule has 2 atom stereocenters. The van der Waals surface area contributed by atoms with E-state index in [0.29, 0.717) is 22.9 Å². The average Bonchev–Trinajstić information content (AvgIpc) is 2.95. The van der Waals surface area contributed by atoms with Crippen LogP contribution in [0, 0.1) is 0 Å². The maximum absolute atomic E-state index is 14.0. The number of carbonyl (C=O) groups excluding carboxylic acids is 2. The molecule has 1 N–H and O–H groups in total. The Labute approximate surface area is 263 Å². The third kappa shape index (κ3) is 8.35. The largest absolute Gasteiger partial charge is 0.416 e. The van der Waals surface area contributed by atoms with Gasteiger partial charge in [-0.1, -0.05) is 66.0 Å². The van der Waals surface area contributed by atoms with E-state index in [-0.39, 0.29) is 38.1 Å². The summed E-state index contributed by atoms with van der Waals surface area (Å²) in [5.74, 6) is -1.46. The van der Waals surface area contributed by atoms with Crippen LogP contribution in [0.5, 0.6) is 0 Å². The summed E-state index contributed by atoms with van der Waals surface area (Å²) in [5, 5.41) is 2.81. The molecule has 7 nitrogen and oxygen atoms in total. The number of amides is 2. The summed E-state index contributed by atoms with van der Waals surface area (Å²) in [6.45, 7) is 3.76. The number of hydrogen-bond acceptors (Lipinski definition) is 4. The zero-order chi connectivity index (χ0) is 32.1. The maximum atomic E-state index is 14.0. The van der Waals surface area contributed by atoms with E-state index in [0.717, 1.165) is 11.0 Å². The lowest BCUT2D eigenvalue weighted by Crippen LogP contribution is -2.52. The Hall–Kier alpha value is -2.99. The number of anilines is 1. The fourth-order valence-electron chi connectivity index (χ4n) is 4.02. The Kier molecular flexibility index (Phi) is 11.4. The van der Waals surface area contributed by atoms with E-state index in [2.05, 4.69) is 5.32 Å². The smallest absolute Gasteiger partial charge is 0.352 e. The molecule has 0 radical (unpaired) electrons. The molecule has 0 saturated heterocycles. The van der Waals surface area contributed by atoms with Gasteiger partial charge in [0.25, 0.3) is 10.0 Å². The number of nitrogens with one attached hydrogen (secondary N) is 1. The van der Waals surface area contributed by atoms with Gasteiger partial charge in [-0.05, 0) is 62.7 Å². The number of alkyl halides is 3. The molecule has 14 heteroatoms. The van der Waals surface area contributed by atoms with Crippen molar-refractivity contribution in [1.29, 1.82) is 0 Å². The van der Waals surface area contributed by atoms with Crippen LogP contribution in [0.15, 0.2) is 71.6 Å². The van der Waals surface area contributed by atoms with E-state index in [1.54, 1.807) is 19.1 Å². The topological polar surface area (TPSA) is 86.8 Å². The molecule has 3 aromatic rings. The fraction of sp³-hybridized carbons (Fsp3) is 0.310. The average molecular weight is 679 g/mol. The first-order valence-corrected chi connectivity index (χ1v) is 15.6. The molecule has 0 unspecified atom stereocenters. The fourth-order valence-corrected chi connectivity index (χ4v) is 6.25. The highest BCUT2D eigenvalue weighted by Crippen LogP contribution is 2.37. The Morgan fingerprint density at radius 2 is 1.51 bits per heavy atom. The summed E-state index contributed by atoms with van der Waals surface area (Å²) in [7, 11) is -4.64. The van der Waals surface area contributed by atoms with Crippen molar-refractivity contribution in [2.75, 3.05) is 10.8 Å². The zero-order valence-electron chi connectivity index (χ0n) is 23.3. The van der Waals surface area contributed by atoms with E-state index in [4.69, 9.17) is 34.8 Å². The minimum atomic E-state index is -4.83. The van der Waals surface area contributed by atoms with Crippen molar-refractivity contribution in [3.8, 4) is 0 Å². The van der Waals surface area contributed by atoms with Crippen molar-refractivity contribution in [1.82, 2.24) is 10.2 Å². The van der Waals surface area contributed by atoms with Gasteiger partial charge in [-0.25, -0.2) is 8.42 Å². The highest BCUT2D eigenvalue weighted by atomic mass is 35.5.